The van der Waals surface area contributed by atoms with Crippen molar-refractivity contribution in [3.63, 3.8) is 0 Å². The number of para-hydroxylation sites is 1. The lowest BCUT2D eigenvalue weighted by Crippen LogP contribution is -2.55. The highest BCUT2D eigenvalue weighted by atomic mass is 16.7. The van der Waals surface area contributed by atoms with Crippen molar-refractivity contribution in [2.75, 3.05) is 26.4 Å². The quantitative estimate of drug-likeness (QED) is 0.103. The van der Waals surface area contributed by atoms with Crippen molar-refractivity contribution in [1.82, 2.24) is 0 Å². The van der Waals surface area contributed by atoms with E-state index in [1.807, 2.05) is 39.0 Å². The summed E-state index contributed by atoms with van der Waals surface area (Å²) in [6, 6.07) is 5.87. The predicted molar refractivity (Wildman–Crippen MR) is 230 cm³/mol. The van der Waals surface area contributed by atoms with Crippen LogP contribution in [0.15, 0.2) is 41.5 Å². The maximum Gasteiger partial charge on any atom is 0.321 e. The Morgan fingerprint density at radius 3 is 2.08 bits per heavy atom. The Morgan fingerprint density at radius 1 is 0.783 bits per heavy atom. The zero-order chi connectivity index (χ0) is 42.0. The van der Waals surface area contributed by atoms with Gasteiger partial charge in [0.1, 0.15) is 11.7 Å². The van der Waals surface area contributed by atoms with Crippen LogP contribution in [-0.2, 0) is 38.0 Å². The molecule has 332 valence electrons. The molecule has 0 radical (unpaired) electrons. The van der Waals surface area contributed by atoms with E-state index in [0.717, 1.165) is 121 Å². The standard InChI is InChI=1S/C51H74O9/c1-32-14-13-15-33(2)48(32)60-49(53)39(47(52)35(4)31-57-44-16-7-10-25-54-44)28-34(3)40-21-22-41-38-20-19-36-29-37(58-45-17-8-11-26-55-45)30-43(59-46-18-9-12-27-56-46)51(36,6)42(38)23-24-50(40,41)5/h13-15,19-20,34-35,37,39-46H,7-12,16-18,21-31H2,1-6H3/t34-,35?,37-,39?,40-,41+,42+,43+,44?,45?,46?,50-,51+/m1/s1. The number of ketones is 1. The summed E-state index contributed by atoms with van der Waals surface area (Å²) in [5.41, 5.74) is 4.73. The van der Waals surface area contributed by atoms with Gasteiger partial charge < -0.3 is 33.2 Å². The van der Waals surface area contributed by atoms with E-state index in [2.05, 4.69) is 32.9 Å². The summed E-state index contributed by atoms with van der Waals surface area (Å²) in [6.45, 7) is 15.5. The van der Waals surface area contributed by atoms with Gasteiger partial charge in [0.25, 0.3) is 0 Å². The van der Waals surface area contributed by atoms with Crippen LogP contribution in [0.4, 0.5) is 0 Å². The van der Waals surface area contributed by atoms with Crippen molar-refractivity contribution in [1.29, 1.82) is 0 Å². The first-order valence-electron chi connectivity index (χ1n) is 24.0. The third kappa shape index (κ3) is 9.15. The molecular formula is C51H74O9. The molecule has 0 spiro atoms. The molecule has 0 aromatic heterocycles. The van der Waals surface area contributed by atoms with Crippen molar-refractivity contribution < 1.29 is 42.7 Å². The number of benzene rings is 1. The number of fused-ring (bicyclic) bond motifs is 5. The van der Waals surface area contributed by atoms with Gasteiger partial charge in [-0.2, -0.15) is 0 Å². The van der Waals surface area contributed by atoms with E-state index >= 15 is 0 Å². The molecule has 7 aliphatic rings. The van der Waals surface area contributed by atoms with Gasteiger partial charge in [0.05, 0.1) is 18.8 Å². The molecule has 6 fully saturated rings. The molecule has 4 aliphatic carbocycles. The first-order valence-corrected chi connectivity index (χ1v) is 24.0. The number of Topliss-reactive ketones (excluding diaryl/α,β-unsaturated/α-hetero) is 1. The number of rotatable bonds is 14. The van der Waals surface area contributed by atoms with Gasteiger partial charge >= 0.3 is 5.97 Å². The topological polar surface area (TPSA) is 98.8 Å². The molecule has 3 heterocycles. The summed E-state index contributed by atoms with van der Waals surface area (Å²) < 4.78 is 44.1. The molecule has 1 aromatic rings. The molecule has 5 unspecified atom stereocenters. The molecule has 1 aromatic carbocycles. The van der Waals surface area contributed by atoms with Crippen molar-refractivity contribution in [2.24, 2.45) is 46.3 Å². The van der Waals surface area contributed by atoms with Gasteiger partial charge in [0.15, 0.2) is 24.7 Å². The average molecular weight is 831 g/mol. The molecule has 0 amide bonds. The number of carbonyl (C=O) groups excluding carboxylic acids is 2. The van der Waals surface area contributed by atoms with Gasteiger partial charge in [-0.05, 0) is 150 Å². The third-order valence-corrected chi connectivity index (χ3v) is 16.3. The van der Waals surface area contributed by atoms with Crippen LogP contribution in [-0.4, -0.2) is 69.3 Å². The van der Waals surface area contributed by atoms with E-state index < -0.39 is 17.8 Å². The second-order valence-corrected chi connectivity index (χ2v) is 20.2. The number of hydrogen-bond acceptors (Lipinski definition) is 9. The maximum absolute atomic E-state index is 14.4. The Bertz CT molecular complexity index is 1700. The fraction of sp³-hybridized carbons (Fsp3) is 0.765. The lowest BCUT2D eigenvalue weighted by Gasteiger charge is -2.58. The fourth-order valence-corrected chi connectivity index (χ4v) is 12.8. The minimum atomic E-state index is -0.876. The van der Waals surface area contributed by atoms with Gasteiger partial charge in [0.2, 0.25) is 0 Å². The smallest absolute Gasteiger partial charge is 0.321 e. The zero-order valence-electron chi connectivity index (χ0n) is 37.6. The van der Waals surface area contributed by atoms with E-state index in [1.165, 1.54) is 5.57 Å². The molecule has 9 nitrogen and oxygen atoms in total. The van der Waals surface area contributed by atoms with Gasteiger partial charge in [-0.1, -0.05) is 69.2 Å². The number of hydrogen-bond donors (Lipinski definition) is 0. The monoisotopic (exact) mass is 831 g/mol. The summed E-state index contributed by atoms with van der Waals surface area (Å²) in [6.07, 6.45) is 20.3. The summed E-state index contributed by atoms with van der Waals surface area (Å²) in [5.74, 6) is 0.0224. The molecule has 9 heteroatoms. The highest BCUT2D eigenvalue weighted by Crippen LogP contribution is 2.67. The SMILES string of the molecule is Cc1cccc(C)c1OC(=O)C(C[C@@H](C)[C@H]1CC[C@H]2C3=CC=C4C[C@@H](OC5CCCCO5)C[C@H](OC5CCCCO5)[C@]4(C)[C@H]3CC[C@]12C)C(=O)C(C)COC1CCCCO1. The Hall–Kier alpha value is -2.40. The van der Waals surface area contributed by atoms with Gasteiger partial charge in [-0.25, -0.2) is 0 Å². The number of aryl methyl sites for hydroxylation is 2. The number of carbonyl (C=O) groups is 2. The number of allylic oxidation sites excluding steroid dienone is 3. The highest BCUT2D eigenvalue weighted by molar-refractivity contribution is 6.01. The van der Waals surface area contributed by atoms with Crippen LogP contribution in [0.3, 0.4) is 0 Å². The van der Waals surface area contributed by atoms with E-state index in [0.29, 0.717) is 36.5 Å². The van der Waals surface area contributed by atoms with E-state index in [1.54, 1.807) is 5.57 Å². The lowest BCUT2D eigenvalue weighted by atomic mass is 9.49. The minimum absolute atomic E-state index is 0.00585. The van der Waals surface area contributed by atoms with Crippen LogP contribution in [0.1, 0.15) is 142 Å². The fourth-order valence-electron chi connectivity index (χ4n) is 12.8. The van der Waals surface area contributed by atoms with Crippen molar-refractivity contribution in [2.45, 2.75) is 175 Å². The Morgan fingerprint density at radius 2 is 1.43 bits per heavy atom. The summed E-state index contributed by atoms with van der Waals surface area (Å²) in [7, 11) is 0. The number of ether oxygens (including phenoxy) is 7. The van der Waals surface area contributed by atoms with E-state index in [-0.39, 0.29) is 60.2 Å². The second kappa shape index (κ2) is 19.1. The molecule has 3 aliphatic heterocycles. The third-order valence-electron chi connectivity index (χ3n) is 16.3. The minimum Gasteiger partial charge on any atom is -0.425 e. The summed E-state index contributed by atoms with van der Waals surface area (Å²) in [5, 5.41) is 0. The Kier molecular flexibility index (Phi) is 14.1. The largest absolute Gasteiger partial charge is 0.425 e. The first kappa shape index (κ1) is 44.2. The molecule has 0 bridgehead atoms. The van der Waals surface area contributed by atoms with Crippen LogP contribution < -0.4 is 4.74 Å². The Balaban J connectivity index is 1.01. The highest BCUT2D eigenvalue weighted by Gasteiger charge is 2.60. The van der Waals surface area contributed by atoms with Gasteiger partial charge in [0, 0.05) is 37.6 Å². The van der Waals surface area contributed by atoms with Crippen LogP contribution in [0, 0.1) is 60.2 Å². The molecule has 13 atom stereocenters. The van der Waals surface area contributed by atoms with E-state index in [9.17, 15) is 9.59 Å². The molecule has 60 heavy (non-hydrogen) atoms. The van der Waals surface area contributed by atoms with Gasteiger partial charge in [-0.15, -0.1) is 0 Å². The van der Waals surface area contributed by atoms with Crippen LogP contribution in [0.2, 0.25) is 0 Å². The van der Waals surface area contributed by atoms with Crippen molar-refractivity contribution in [3.8, 4) is 5.75 Å². The lowest BCUT2D eigenvalue weighted by molar-refractivity contribution is -0.242. The molecule has 8 rings (SSSR count). The Labute approximate surface area is 360 Å². The van der Waals surface area contributed by atoms with Crippen LogP contribution in [0.5, 0.6) is 5.75 Å². The second-order valence-electron chi connectivity index (χ2n) is 20.2. The normalized spacial score (nSPS) is 37.0. The number of esters is 1. The van der Waals surface area contributed by atoms with Gasteiger partial charge in [-0.3, -0.25) is 9.59 Å². The zero-order valence-corrected chi connectivity index (χ0v) is 37.6. The molecule has 3 saturated heterocycles. The molecular weight excluding hydrogens is 757 g/mol. The van der Waals surface area contributed by atoms with Crippen molar-refractivity contribution >= 4 is 11.8 Å². The summed E-state index contributed by atoms with van der Waals surface area (Å²) in [4.78, 5) is 28.7. The maximum atomic E-state index is 14.4. The molecule has 3 saturated carbocycles. The van der Waals surface area contributed by atoms with E-state index in [4.69, 9.17) is 33.2 Å². The summed E-state index contributed by atoms with van der Waals surface area (Å²) >= 11 is 0. The average Bonchev–Trinajstić information content (AvgIpc) is 3.62. The van der Waals surface area contributed by atoms with Crippen molar-refractivity contribution in [3.05, 3.63) is 52.6 Å². The predicted octanol–water partition coefficient (Wildman–Crippen LogP) is 10.5. The van der Waals surface area contributed by atoms with Crippen LogP contribution >= 0.6 is 0 Å². The van der Waals surface area contributed by atoms with Crippen LogP contribution in [0.25, 0.3) is 0 Å². The molecule has 0 N–H and O–H groups in total. The first-order chi connectivity index (χ1) is 29.0.